The van der Waals surface area contributed by atoms with Crippen molar-refractivity contribution in [2.75, 3.05) is 6.54 Å². The molecular formula is C19H22Cl2N2O3S. The predicted octanol–water partition coefficient (Wildman–Crippen LogP) is 4.10. The van der Waals surface area contributed by atoms with Crippen LogP contribution in [-0.4, -0.2) is 31.2 Å². The lowest BCUT2D eigenvalue weighted by atomic mass is 10.2. The molecule has 1 atom stereocenters. The lowest BCUT2D eigenvalue weighted by Gasteiger charge is -2.23. The minimum Gasteiger partial charge on any atom is -0.353 e. The topological polar surface area (TPSA) is 66.5 Å². The molecule has 0 aliphatic heterocycles. The van der Waals surface area contributed by atoms with Crippen LogP contribution in [-0.2, 0) is 21.4 Å². The number of benzene rings is 2. The molecule has 0 unspecified atom stereocenters. The van der Waals surface area contributed by atoms with Gasteiger partial charge in [-0.15, -0.1) is 0 Å². The summed E-state index contributed by atoms with van der Waals surface area (Å²) in [4.78, 5) is 12.4. The summed E-state index contributed by atoms with van der Waals surface area (Å²) in [5.74, 6) is -0.367. The minimum atomic E-state index is -3.92. The van der Waals surface area contributed by atoms with Crippen molar-refractivity contribution in [2.45, 2.75) is 37.8 Å². The Morgan fingerprint density at radius 2 is 1.74 bits per heavy atom. The number of rotatable bonds is 8. The van der Waals surface area contributed by atoms with Crippen LogP contribution in [0.1, 0.15) is 25.8 Å². The molecule has 0 heterocycles. The average molecular weight is 429 g/mol. The second-order valence-corrected chi connectivity index (χ2v) is 8.98. The number of carbonyl (C=O) groups is 1. The summed E-state index contributed by atoms with van der Waals surface area (Å²) in [5, 5.41) is 3.67. The molecule has 1 amide bonds. The third-order valence-electron chi connectivity index (χ3n) is 4.10. The zero-order valence-electron chi connectivity index (χ0n) is 15.2. The Balaban J connectivity index is 2.34. The van der Waals surface area contributed by atoms with E-state index < -0.39 is 10.0 Å². The summed E-state index contributed by atoms with van der Waals surface area (Å²) < 4.78 is 27.3. The largest absolute Gasteiger partial charge is 0.353 e. The monoisotopic (exact) mass is 428 g/mol. The molecule has 0 radical (unpaired) electrons. The van der Waals surface area contributed by atoms with E-state index in [1.807, 2.05) is 13.8 Å². The Kier molecular flexibility index (Phi) is 7.68. The molecule has 1 N–H and O–H groups in total. The Morgan fingerprint density at radius 1 is 1.11 bits per heavy atom. The molecule has 2 rings (SSSR count). The minimum absolute atomic E-state index is 0.0153. The number of hydrogen-bond acceptors (Lipinski definition) is 3. The average Bonchev–Trinajstić information content (AvgIpc) is 2.63. The molecule has 2 aromatic rings. The molecule has 0 saturated carbocycles. The predicted molar refractivity (Wildman–Crippen MR) is 108 cm³/mol. The Labute approximate surface area is 170 Å². The summed E-state index contributed by atoms with van der Waals surface area (Å²) in [6.45, 7) is 3.49. The van der Waals surface area contributed by atoms with E-state index in [1.54, 1.807) is 24.3 Å². The molecule has 146 valence electrons. The molecule has 8 heteroatoms. The first-order valence-electron chi connectivity index (χ1n) is 8.52. The standard InChI is InChI=1S/C19H22Cl2N2O3S/c1-3-14(2)22-19(24)13-23(12-15-6-4-5-7-18(15)21)27(25,26)17-10-8-16(20)9-11-17/h4-11,14H,3,12-13H2,1-2H3,(H,22,24)/t14-/m1/s1. The summed E-state index contributed by atoms with van der Waals surface area (Å²) >= 11 is 12.0. The fraction of sp³-hybridized carbons (Fsp3) is 0.316. The summed E-state index contributed by atoms with van der Waals surface area (Å²) in [6.07, 6.45) is 0.750. The molecular weight excluding hydrogens is 407 g/mol. The second-order valence-electron chi connectivity index (χ2n) is 6.20. The van der Waals surface area contributed by atoms with Gasteiger partial charge in [-0.2, -0.15) is 4.31 Å². The summed E-state index contributed by atoms with van der Waals surface area (Å²) in [6, 6.07) is 12.8. The molecule has 0 spiro atoms. The number of sulfonamides is 1. The van der Waals surface area contributed by atoms with Gasteiger partial charge in [0.15, 0.2) is 0 Å². The van der Waals surface area contributed by atoms with E-state index in [0.717, 1.165) is 10.7 Å². The van der Waals surface area contributed by atoms with Crippen molar-refractivity contribution in [3.63, 3.8) is 0 Å². The molecule has 0 aliphatic carbocycles. The maximum absolute atomic E-state index is 13.1. The van der Waals surface area contributed by atoms with Crippen LogP contribution in [0.3, 0.4) is 0 Å². The van der Waals surface area contributed by atoms with Crippen LogP contribution in [0.5, 0.6) is 0 Å². The van der Waals surface area contributed by atoms with E-state index in [1.165, 1.54) is 24.3 Å². The number of nitrogens with one attached hydrogen (secondary N) is 1. The maximum atomic E-state index is 13.1. The molecule has 0 saturated heterocycles. The van der Waals surface area contributed by atoms with Crippen molar-refractivity contribution >= 4 is 39.1 Å². The maximum Gasteiger partial charge on any atom is 0.243 e. The quantitative estimate of drug-likeness (QED) is 0.687. The van der Waals surface area contributed by atoms with Crippen LogP contribution in [0.2, 0.25) is 10.0 Å². The normalized spacial score (nSPS) is 12.8. The van der Waals surface area contributed by atoms with E-state index in [0.29, 0.717) is 15.6 Å². The Bertz CT molecular complexity index is 886. The van der Waals surface area contributed by atoms with Gasteiger partial charge in [-0.25, -0.2) is 8.42 Å². The van der Waals surface area contributed by atoms with Gasteiger partial charge in [-0.05, 0) is 49.2 Å². The van der Waals surface area contributed by atoms with Crippen molar-refractivity contribution < 1.29 is 13.2 Å². The lowest BCUT2D eigenvalue weighted by Crippen LogP contribution is -2.43. The SMILES string of the molecule is CC[C@@H](C)NC(=O)CN(Cc1ccccc1Cl)S(=O)(=O)c1ccc(Cl)cc1. The van der Waals surface area contributed by atoms with E-state index in [2.05, 4.69) is 5.32 Å². The van der Waals surface area contributed by atoms with Crippen LogP contribution >= 0.6 is 23.2 Å². The first kappa shape index (κ1) is 21.7. The van der Waals surface area contributed by atoms with Crippen LogP contribution < -0.4 is 5.32 Å². The third kappa shape index (κ3) is 5.94. The van der Waals surface area contributed by atoms with E-state index >= 15 is 0 Å². The van der Waals surface area contributed by atoms with Gasteiger partial charge in [-0.1, -0.05) is 48.3 Å². The van der Waals surface area contributed by atoms with Gasteiger partial charge >= 0.3 is 0 Å². The van der Waals surface area contributed by atoms with E-state index in [4.69, 9.17) is 23.2 Å². The van der Waals surface area contributed by atoms with Gasteiger partial charge < -0.3 is 5.32 Å². The molecule has 0 bridgehead atoms. The van der Waals surface area contributed by atoms with Crippen LogP contribution in [0.4, 0.5) is 0 Å². The highest BCUT2D eigenvalue weighted by Crippen LogP contribution is 2.23. The summed E-state index contributed by atoms with van der Waals surface area (Å²) in [7, 11) is -3.92. The fourth-order valence-corrected chi connectivity index (χ4v) is 4.08. The van der Waals surface area contributed by atoms with Crippen molar-refractivity contribution in [2.24, 2.45) is 0 Å². The lowest BCUT2D eigenvalue weighted by molar-refractivity contribution is -0.122. The molecule has 27 heavy (non-hydrogen) atoms. The van der Waals surface area contributed by atoms with Crippen molar-refractivity contribution in [3.8, 4) is 0 Å². The number of hydrogen-bond donors (Lipinski definition) is 1. The molecule has 5 nitrogen and oxygen atoms in total. The zero-order valence-corrected chi connectivity index (χ0v) is 17.5. The number of nitrogens with zero attached hydrogens (tertiary/aromatic N) is 1. The highest BCUT2D eigenvalue weighted by atomic mass is 35.5. The first-order chi connectivity index (χ1) is 12.7. The van der Waals surface area contributed by atoms with Gasteiger partial charge in [0, 0.05) is 22.6 Å². The number of halogens is 2. The van der Waals surface area contributed by atoms with E-state index in [-0.39, 0.29) is 29.9 Å². The molecule has 2 aromatic carbocycles. The zero-order chi connectivity index (χ0) is 20.0. The fourth-order valence-electron chi connectivity index (χ4n) is 2.38. The van der Waals surface area contributed by atoms with Crippen molar-refractivity contribution in [1.82, 2.24) is 9.62 Å². The van der Waals surface area contributed by atoms with Crippen molar-refractivity contribution in [1.29, 1.82) is 0 Å². The van der Waals surface area contributed by atoms with Crippen LogP contribution in [0, 0.1) is 0 Å². The van der Waals surface area contributed by atoms with Gasteiger partial charge in [-0.3, -0.25) is 4.79 Å². The molecule has 0 aromatic heterocycles. The Morgan fingerprint density at radius 3 is 2.33 bits per heavy atom. The smallest absolute Gasteiger partial charge is 0.243 e. The molecule has 0 fully saturated rings. The highest BCUT2D eigenvalue weighted by Gasteiger charge is 2.27. The van der Waals surface area contributed by atoms with Crippen LogP contribution in [0.15, 0.2) is 53.4 Å². The second kappa shape index (κ2) is 9.55. The van der Waals surface area contributed by atoms with Crippen molar-refractivity contribution in [3.05, 3.63) is 64.1 Å². The molecule has 0 aliphatic rings. The van der Waals surface area contributed by atoms with Gasteiger partial charge in [0.05, 0.1) is 11.4 Å². The number of amides is 1. The first-order valence-corrected chi connectivity index (χ1v) is 10.7. The van der Waals surface area contributed by atoms with Gasteiger partial charge in [0.25, 0.3) is 0 Å². The van der Waals surface area contributed by atoms with Gasteiger partial charge in [0.2, 0.25) is 15.9 Å². The highest BCUT2D eigenvalue weighted by molar-refractivity contribution is 7.89. The number of carbonyl (C=O) groups excluding carboxylic acids is 1. The van der Waals surface area contributed by atoms with E-state index in [9.17, 15) is 13.2 Å². The third-order valence-corrected chi connectivity index (χ3v) is 6.52. The van der Waals surface area contributed by atoms with Gasteiger partial charge in [0.1, 0.15) is 0 Å². The summed E-state index contributed by atoms with van der Waals surface area (Å²) in [5.41, 5.74) is 0.619. The Hall–Kier alpha value is -1.60. The van der Waals surface area contributed by atoms with Crippen LogP contribution in [0.25, 0.3) is 0 Å².